The second kappa shape index (κ2) is 4.58. The highest BCUT2D eigenvalue weighted by atomic mass is 28.4. The van der Waals surface area contributed by atoms with Gasteiger partial charge < -0.3 is 4.43 Å². The Hall–Kier alpha value is -0.603. The molecule has 72 valence electrons. The first-order valence-corrected chi connectivity index (χ1v) is 6.99. The molecule has 0 aliphatic heterocycles. The molecule has 0 amide bonds. The highest BCUT2D eigenvalue weighted by Crippen LogP contribution is 2.25. The number of hydrogen-bond acceptors (Lipinski definition) is 1. The van der Waals surface area contributed by atoms with Gasteiger partial charge in [-0.3, -0.25) is 0 Å². The van der Waals surface area contributed by atoms with E-state index in [4.69, 9.17) is 4.43 Å². The summed E-state index contributed by atoms with van der Waals surface area (Å²) in [5.74, 6) is 0. The molecular weight excluding hydrogens is 176 g/mol. The van der Waals surface area contributed by atoms with E-state index in [2.05, 4.69) is 19.7 Å². The first-order chi connectivity index (χ1) is 6.26. The van der Waals surface area contributed by atoms with Crippen LogP contribution in [-0.2, 0) is 4.43 Å². The molecule has 0 spiro atoms. The molecule has 0 heterocycles. The zero-order valence-electron chi connectivity index (χ0n) is 8.17. The van der Waals surface area contributed by atoms with Crippen LogP contribution in [0.1, 0.15) is 25.7 Å². The third-order valence-electron chi connectivity index (χ3n) is 2.63. The van der Waals surface area contributed by atoms with Gasteiger partial charge in [-0.05, 0) is 12.8 Å². The summed E-state index contributed by atoms with van der Waals surface area (Å²) in [5.41, 5.74) is 5.68. The summed E-state index contributed by atoms with van der Waals surface area (Å²) in [5, 5.41) is 0. The third kappa shape index (κ3) is 2.42. The SMILES string of the molecule is C=C[Si](C=C)(C=C)OC1CCCC1. The Morgan fingerprint density at radius 3 is 1.85 bits per heavy atom. The van der Waals surface area contributed by atoms with Gasteiger partial charge in [0, 0.05) is 6.10 Å². The lowest BCUT2D eigenvalue weighted by Gasteiger charge is -2.24. The van der Waals surface area contributed by atoms with Crippen molar-refractivity contribution in [2.45, 2.75) is 31.8 Å². The van der Waals surface area contributed by atoms with E-state index in [1.165, 1.54) is 25.7 Å². The Labute approximate surface area is 81.9 Å². The molecule has 0 aromatic rings. The fourth-order valence-electron chi connectivity index (χ4n) is 1.69. The lowest BCUT2D eigenvalue weighted by molar-refractivity contribution is 0.209. The van der Waals surface area contributed by atoms with Crippen molar-refractivity contribution in [3.05, 3.63) is 36.8 Å². The second-order valence-electron chi connectivity index (χ2n) is 3.49. The first kappa shape index (κ1) is 10.5. The van der Waals surface area contributed by atoms with E-state index in [-0.39, 0.29) is 0 Å². The monoisotopic (exact) mass is 194 g/mol. The molecule has 0 N–H and O–H groups in total. The molecule has 1 nitrogen and oxygen atoms in total. The maximum absolute atomic E-state index is 6.03. The van der Waals surface area contributed by atoms with E-state index in [0.29, 0.717) is 6.10 Å². The summed E-state index contributed by atoms with van der Waals surface area (Å²) in [4.78, 5) is 0. The Morgan fingerprint density at radius 1 is 1.00 bits per heavy atom. The lowest BCUT2D eigenvalue weighted by Crippen LogP contribution is -2.35. The van der Waals surface area contributed by atoms with Crippen molar-refractivity contribution >= 4 is 8.32 Å². The molecule has 2 heteroatoms. The van der Waals surface area contributed by atoms with Gasteiger partial charge in [0.15, 0.2) is 0 Å². The molecule has 0 aromatic carbocycles. The molecule has 0 bridgehead atoms. The van der Waals surface area contributed by atoms with Crippen LogP contribution in [0.2, 0.25) is 0 Å². The molecule has 1 fully saturated rings. The van der Waals surface area contributed by atoms with Gasteiger partial charge in [-0.1, -0.05) is 29.9 Å². The van der Waals surface area contributed by atoms with E-state index >= 15 is 0 Å². The Morgan fingerprint density at radius 2 is 1.46 bits per heavy atom. The Bertz CT molecular complexity index is 182. The molecule has 13 heavy (non-hydrogen) atoms. The highest BCUT2D eigenvalue weighted by Gasteiger charge is 2.29. The molecule has 0 atom stereocenters. The van der Waals surface area contributed by atoms with Crippen molar-refractivity contribution < 1.29 is 4.43 Å². The van der Waals surface area contributed by atoms with Crippen molar-refractivity contribution in [1.29, 1.82) is 0 Å². The average Bonchev–Trinajstić information content (AvgIpc) is 2.67. The van der Waals surface area contributed by atoms with Gasteiger partial charge in [-0.2, -0.15) is 0 Å². The molecule has 1 aliphatic carbocycles. The second-order valence-corrected chi connectivity index (χ2v) is 6.66. The molecule has 0 unspecified atom stereocenters. The van der Waals surface area contributed by atoms with Crippen LogP contribution >= 0.6 is 0 Å². The van der Waals surface area contributed by atoms with Crippen molar-refractivity contribution in [2.24, 2.45) is 0 Å². The van der Waals surface area contributed by atoms with Gasteiger partial charge in [0.1, 0.15) is 0 Å². The quantitative estimate of drug-likeness (QED) is 0.611. The predicted molar refractivity (Wildman–Crippen MR) is 59.7 cm³/mol. The summed E-state index contributed by atoms with van der Waals surface area (Å²) in [6.45, 7) is 11.4. The summed E-state index contributed by atoms with van der Waals surface area (Å²) in [6, 6.07) is 0. The fourth-order valence-corrected chi connectivity index (χ4v) is 3.29. The van der Waals surface area contributed by atoms with Crippen LogP contribution in [0.25, 0.3) is 0 Å². The molecule has 0 saturated heterocycles. The Kier molecular flexibility index (Phi) is 3.69. The van der Waals surface area contributed by atoms with Gasteiger partial charge in [-0.25, -0.2) is 0 Å². The maximum atomic E-state index is 6.03. The van der Waals surface area contributed by atoms with E-state index in [9.17, 15) is 0 Å². The average molecular weight is 194 g/mol. The van der Waals surface area contributed by atoms with Crippen LogP contribution in [-0.4, -0.2) is 14.4 Å². The summed E-state index contributed by atoms with van der Waals surface area (Å²) in [7, 11) is -1.99. The van der Waals surface area contributed by atoms with E-state index in [1.807, 2.05) is 17.1 Å². The minimum atomic E-state index is -1.99. The zero-order chi connectivity index (χ0) is 9.73. The van der Waals surface area contributed by atoms with Crippen molar-refractivity contribution in [1.82, 2.24) is 0 Å². The van der Waals surface area contributed by atoms with E-state index < -0.39 is 8.32 Å². The van der Waals surface area contributed by atoms with Crippen LogP contribution in [0.5, 0.6) is 0 Å². The summed E-state index contributed by atoms with van der Waals surface area (Å²) >= 11 is 0. The Balaban J connectivity index is 2.59. The van der Waals surface area contributed by atoms with Crippen LogP contribution in [0, 0.1) is 0 Å². The van der Waals surface area contributed by atoms with Crippen molar-refractivity contribution in [3.63, 3.8) is 0 Å². The highest BCUT2D eigenvalue weighted by molar-refractivity contribution is 6.87. The largest absolute Gasteiger partial charge is 0.403 e. The lowest BCUT2D eigenvalue weighted by atomic mass is 10.3. The third-order valence-corrected chi connectivity index (χ3v) is 5.29. The van der Waals surface area contributed by atoms with Crippen LogP contribution in [0.4, 0.5) is 0 Å². The normalized spacial score (nSPS) is 18.5. The molecule has 0 aromatic heterocycles. The van der Waals surface area contributed by atoms with E-state index in [1.54, 1.807) is 0 Å². The van der Waals surface area contributed by atoms with E-state index in [0.717, 1.165) is 0 Å². The first-order valence-electron chi connectivity index (χ1n) is 4.85. The van der Waals surface area contributed by atoms with Crippen LogP contribution in [0.15, 0.2) is 36.8 Å². The summed E-state index contributed by atoms with van der Waals surface area (Å²) in [6.07, 6.45) is 5.37. The maximum Gasteiger partial charge on any atom is 0.265 e. The van der Waals surface area contributed by atoms with Gasteiger partial charge in [-0.15, -0.1) is 19.7 Å². The van der Waals surface area contributed by atoms with Crippen LogP contribution < -0.4 is 0 Å². The smallest absolute Gasteiger partial charge is 0.265 e. The topological polar surface area (TPSA) is 9.23 Å². The predicted octanol–water partition coefficient (Wildman–Crippen LogP) is 3.07. The minimum Gasteiger partial charge on any atom is -0.403 e. The van der Waals surface area contributed by atoms with Gasteiger partial charge in [0.05, 0.1) is 0 Å². The zero-order valence-corrected chi connectivity index (χ0v) is 9.17. The van der Waals surface area contributed by atoms with Crippen molar-refractivity contribution in [3.8, 4) is 0 Å². The fraction of sp³-hybridized carbons (Fsp3) is 0.455. The number of rotatable bonds is 5. The van der Waals surface area contributed by atoms with Crippen LogP contribution in [0.3, 0.4) is 0 Å². The minimum absolute atomic E-state index is 0.417. The van der Waals surface area contributed by atoms with Crippen molar-refractivity contribution in [2.75, 3.05) is 0 Å². The molecule has 1 saturated carbocycles. The molecular formula is C11H18OSi. The molecule has 1 aliphatic rings. The molecule has 0 radical (unpaired) electrons. The van der Waals surface area contributed by atoms with Gasteiger partial charge in [0.25, 0.3) is 8.32 Å². The molecule has 1 rings (SSSR count). The number of hydrogen-bond donors (Lipinski definition) is 0. The van der Waals surface area contributed by atoms with Gasteiger partial charge in [0.2, 0.25) is 0 Å². The summed E-state index contributed by atoms with van der Waals surface area (Å²) < 4.78 is 6.03. The standard InChI is InChI=1S/C11H18OSi/c1-4-13(5-2,6-3)12-11-9-7-8-10-11/h4-6,11H,1-3,7-10H2. The van der Waals surface area contributed by atoms with Gasteiger partial charge >= 0.3 is 0 Å².